The van der Waals surface area contributed by atoms with Crippen LogP contribution in [0.2, 0.25) is 0 Å². The van der Waals surface area contributed by atoms with Gasteiger partial charge in [0.2, 0.25) is 5.91 Å². The predicted octanol–water partition coefficient (Wildman–Crippen LogP) is 2.96. The number of carbonyl (C=O) groups is 1. The first-order valence-electron chi connectivity index (χ1n) is 8.53. The number of rotatable bonds is 2. The van der Waals surface area contributed by atoms with Crippen LogP contribution < -0.4 is 4.89 Å². The first-order valence-corrected chi connectivity index (χ1v) is 8.53. The zero-order valence-corrected chi connectivity index (χ0v) is 14.8. The van der Waals surface area contributed by atoms with Gasteiger partial charge in [0.05, 0.1) is 16.7 Å². The van der Waals surface area contributed by atoms with E-state index >= 15 is 0 Å². The average Bonchev–Trinajstić information content (AvgIpc) is 3.03. The third-order valence-corrected chi connectivity index (χ3v) is 4.72. The van der Waals surface area contributed by atoms with E-state index in [2.05, 4.69) is 5.10 Å². The SMILES string of the molecule is CC(=O)N1N=C(c2ccc([N+](=O)[O-])cc2)c2cc3c(cc2CC1C)OOC3. The molecule has 2 aromatic carbocycles. The highest BCUT2D eigenvalue weighted by Crippen LogP contribution is 2.33. The van der Waals surface area contributed by atoms with Crippen molar-refractivity contribution in [2.75, 3.05) is 0 Å². The largest absolute Gasteiger partial charge is 0.337 e. The molecule has 2 aliphatic rings. The van der Waals surface area contributed by atoms with Crippen LogP contribution in [0, 0.1) is 10.1 Å². The van der Waals surface area contributed by atoms with E-state index in [1.165, 1.54) is 24.1 Å². The molecule has 0 fully saturated rings. The van der Waals surface area contributed by atoms with Crippen LogP contribution >= 0.6 is 0 Å². The van der Waals surface area contributed by atoms with E-state index in [1.807, 2.05) is 19.1 Å². The smallest absolute Gasteiger partial charge is 0.269 e. The average molecular weight is 367 g/mol. The number of nitrogens with zero attached hydrogens (tertiary/aromatic N) is 3. The van der Waals surface area contributed by atoms with Crippen LogP contribution in [0.15, 0.2) is 41.5 Å². The van der Waals surface area contributed by atoms with Crippen molar-refractivity contribution in [2.45, 2.75) is 32.9 Å². The van der Waals surface area contributed by atoms with E-state index in [1.54, 1.807) is 12.1 Å². The molecule has 0 aromatic heterocycles. The molecular weight excluding hydrogens is 350 g/mol. The van der Waals surface area contributed by atoms with E-state index in [0.29, 0.717) is 30.1 Å². The molecule has 0 aliphatic carbocycles. The Morgan fingerprint density at radius 3 is 2.67 bits per heavy atom. The molecule has 27 heavy (non-hydrogen) atoms. The predicted molar refractivity (Wildman–Crippen MR) is 96.3 cm³/mol. The van der Waals surface area contributed by atoms with Crippen LogP contribution in [0.4, 0.5) is 5.69 Å². The Balaban J connectivity index is 1.89. The Kier molecular flexibility index (Phi) is 4.12. The Morgan fingerprint density at radius 2 is 2.00 bits per heavy atom. The second-order valence-electron chi connectivity index (χ2n) is 6.63. The van der Waals surface area contributed by atoms with Crippen LogP contribution in [-0.4, -0.2) is 27.6 Å². The molecule has 0 saturated carbocycles. The lowest BCUT2D eigenvalue weighted by Gasteiger charge is -2.21. The van der Waals surface area contributed by atoms with Crippen molar-refractivity contribution in [3.63, 3.8) is 0 Å². The minimum Gasteiger partial charge on any atom is -0.337 e. The molecule has 2 heterocycles. The fourth-order valence-corrected chi connectivity index (χ4v) is 3.40. The lowest BCUT2D eigenvalue weighted by Crippen LogP contribution is -2.33. The number of nitro groups is 1. The molecule has 4 rings (SSSR count). The third-order valence-electron chi connectivity index (χ3n) is 4.72. The summed E-state index contributed by atoms with van der Waals surface area (Å²) in [6.07, 6.45) is 0.603. The summed E-state index contributed by atoms with van der Waals surface area (Å²) >= 11 is 0. The van der Waals surface area contributed by atoms with Gasteiger partial charge in [0.25, 0.3) is 5.69 Å². The molecule has 1 atom stereocenters. The number of amides is 1. The van der Waals surface area contributed by atoms with E-state index in [-0.39, 0.29) is 17.6 Å². The first-order chi connectivity index (χ1) is 12.9. The van der Waals surface area contributed by atoms with E-state index in [4.69, 9.17) is 9.78 Å². The maximum Gasteiger partial charge on any atom is 0.269 e. The lowest BCUT2D eigenvalue weighted by molar-refractivity contribution is -0.384. The minimum absolute atomic E-state index is 0.000686. The fraction of sp³-hybridized carbons (Fsp3) is 0.263. The van der Waals surface area contributed by atoms with Gasteiger partial charge in [0.15, 0.2) is 5.75 Å². The molecule has 0 bridgehead atoms. The van der Waals surface area contributed by atoms with Gasteiger partial charge in [-0.1, -0.05) is 0 Å². The standard InChI is InChI=1S/C19H17N3O5/c1-11-7-14-9-18-15(10-26-27-18)8-17(14)19(20-21(11)12(2)23)13-3-5-16(6-4-13)22(24)25/h3-6,8-9,11H,7,10H2,1-2H3. The third kappa shape index (κ3) is 3.04. The molecule has 8 heteroatoms. The van der Waals surface area contributed by atoms with Crippen molar-refractivity contribution in [1.82, 2.24) is 5.01 Å². The van der Waals surface area contributed by atoms with Crippen molar-refractivity contribution < 1.29 is 19.5 Å². The highest BCUT2D eigenvalue weighted by Gasteiger charge is 2.28. The minimum atomic E-state index is -0.446. The molecule has 138 valence electrons. The van der Waals surface area contributed by atoms with Gasteiger partial charge in [-0.3, -0.25) is 14.9 Å². The van der Waals surface area contributed by atoms with Crippen LogP contribution in [0.1, 0.15) is 36.1 Å². The molecule has 0 N–H and O–H groups in total. The summed E-state index contributed by atoms with van der Waals surface area (Å²) in [4.78, 5) is 32.9. The number of hydrogen-bond acceptors (Lipinski definition) is 6. The molecule has 0 spiro atoms. The van der Waals surface area contributed by atoms with Gasteiger partial charge in [-0.25, -0.2) is 5.01 Å². The van der Waals surface area contributed by atoms with E-state index in [9.17, 15) is 14.9 Å². The number of nitro benzene ring substituents is 1. The van der Waals surface area contributed by atoms with Gasteiger partial charge in [-0.15, -0.1) is 0 Å². The molecule has 0 saturated heterocycles. The van der Waals surface area contributed by atoms with Gasteiger partial charge >= 0.3 is 0 Å². The van der Waals surface area contributed by atoms with Gasteiger partial charge < -0.3 is 4.89 Å². The van der Waals surface area contributed by atoms with Crippen molar-refractivity contribution in [1.29, 1.82) is 0 Å². The van der Waals surface area contributed by atoms with Crippen LogP contribution in [0.3, 0.4) is 0 Å². The summed E-state index contributed by atoms with van der Waals surface area (Å²) in [5, 5.41) is 17.0. The van der Waals surface area contributed by atoms with Gasteiger partial charge in [0.1, 0.15) is 6.61 Å². The van der Waals surface area contributed by atoms with Crippen molar-refractivity contribution in [3.8, 4) is 5.75 Å². The van der Waals surface area contributed by atoms with Gasteiger partial charge in [0, 0.05) is 35.7 Å². The van der Waals surface area contributed by atoms with Crippen molar-refractivity contribution >= 4 is 17.3 Å². The molecule has 8 nitrogen and oxygen atoms in total. The zero-order valence-electron chi connectivity index (χ0n) is 14.8. The number of non-ortho nitro benzene ring substituents is 1. The van der Waals surface area contributed by atoms with E-state index in [0.717, 1.165) is 16.7 Å². The Labute approximate surface area is 155 Å². The number of hydrazone groups is 1. The van der Waals surface area contributed by atoms with Crippen LogP contribution in [0.5, 0.6) is 5.75 Å². The number of benzene rings is 2. The second-order valence-corrected chi connectivity index (χ2v) is 6.63. The molecular formula is C19H17N3O5. The molecule has 0 radical (unpaired) electrons. The second kappa shape index (κ2) is 6.48. The van der Waals surface area contributed by atoms with Gasteiger partial charge in [-0.05, 0) is 43.2 Å². The Hall–Kier alpha value is -3.26. The topological polar surface area (TPSA) is 94.3 Å². The molecule has 1 unspecified atom stereocenters. The summed E-state index contributed by atoms with van der Waals surface area (Å²) in [6.45, 7) is 3.74. The first kappa shape index (κ1) is 17.2. The number of fused-ring (bicyclic) bond motifs is 2. The monoisotopic (exact) mass is 367 g/mol. The summed E-state index contributed by atoms with van der Waals surface area (Å²) in [5.41, 5.74) is 4.03. The zero-order chi connectivity index (χ0) is 19.1. The summed E-state index contributed by atoms with van der Waals surface area (Å²) < 4.78 is 0. The Morgan fingerprint density at radius 1 is 1.26 bits per heavy atom. The van der Waals surface area contributed by atoms with Crippen LogP contribution in [-0.2, 0) is 22.7 Å². The van der Waals surface area contributed by atoms with Crippen LogP contribution in [0.25, 0.3) is 0 Å². The van der Waals surface area contributed by atoms with E-state index < -0.39 is 4.92 Å². The van der Waals surface area contributed by atoms with Crippen molar-refractivity contribution in [2.24, 2.45) is 5.10 Å². The molecule has 2 aliphatic heterocycles. The highest BCUT2D eigenvalue weighted by molar-refractivity contribution is 6.14. The van der Waals surface area contributed by atoms with Gasteiger partial charge in [-0.2, -0.15) is 9.99 Å². The normalized spacial score (nSPS) is 18.1. The highest BCUT2D eigenvalue weighted by atomic mass is 17.2. The molecule has 1 amide bonds. The maximum absolute atomic E-state index is 12.1. The summed E-state index contributed by atoms with van der Waals surface area (Å²) in [7, 11) is 0. The Bertz CT molecular complexity index is 968. The number of hydrogen-bond donors (Lipinski definition) is 0. The van der Waals surface area contributed by atoms with Crippen molar-refractivity contribution in [3.05, 3.63) is 68.8 Å². The summed E-state index contributed by atoms with van der Waals surface area (Å²) in [5.74, 6) is 0.502. The lowest BCUT2D eigenvalue weighted by atomic mass is 9.92. The molecule has 2 aromatic rings. The summed E-state index contributed by atoms with van der Waals surface area (Å²) in [6, 6.07) is 9.89. The number of carbonyl (C=O) groups excluding carboxylic acids is 1. The fourth-order valence-electron chi connectivity index (χ4n) is 3.40. The quantitative estimate of drug-likeness (QED) is 0.462. The maximum atomic E-state index is 12.1.